The summed E-state index contributed by atoms with van der Waals surface area (Å²) in [6.07, 6.45) is -2.54. The van der Waals surface area contributed by atoms with Crippen LogP contribution < -0.4 is 5.32 Å². The van der Waals surface area contributed by atoms with Gasteiger partial charge in [0, 0.05) is 12.6 Å². The molecule has 0 aromatic carbocycles. The molecule has 0 fully saturated rings. The van der Waals surface area contributed by atoms with Gasteiger partial charge in [-0.3, -0.25) is 4.79 Å². The third-order valence-electron chi connectivity index (χ3n) is 2.18. The van der Waals surface area contributed by atoms with Crippen molar-refractivity contribution in [3.8, 4) is 0 Å². The molecule has 0 aliphatic heterocycles. The summed E-state index contributed by atoms with van der Waals surface area (Å²) in [4.78, 5) is 22.4. The van der Waals surface area contributed by atoms with Gasteiger partial charge in [-0.2, -0.15) is 13.2 Å². The Morgan fingerprint density at radius 3 is 2.65 bits per heavy atom. The second-order valence-electron chi connectivity index (χ2n) is 3.61. The number of carbonyl (C=O) groups is 2. The SMILES string of the molecule is COC(=O)/C=C/CNC(=O)c1c(C)noc1C(F)(F)F. The summed E-state index contributed by atoms with van der Waals surface area (Å²) < 4.78 is 46.1. The Labute approximate surface area is 111 Å². The second-order valence-corrected chi connectivity index (χ2v) is 3.61. The van der Waals surface area contributed by atoms with Gasteiger partial charge in [0.25, 0.3) is 11.7 Å². The molecule has 9 heteroatoms. The first-order valence-electron chi connectivity index (χ1n) is 5.33. The van der Waals surface area contributed by atoms with Gasteiger partial charge in [-0.25, -0.2) is 4.79 Å². The fourth-order valence-electron chi connectivity index (χ4n) is 1.29. The number of nitrogens with zero attached hydrogens (tertiary/aromatic N) is 1. The number of nitrogens with one attached hydrogen (secondary N) is 1. The number of carbonyl (C=O) groups excluding carboxylic acids is 2. The van der Waals surface area contributed by atoms with E-state index in [0.717, 1.165) is 6.08 Å². The predicted molar refractivity (Wildman–Crippen MR) is 59.7 cm³/mol. The van der Waals surface area contributed by atoms with Crippen LogP contribution in [0.2, 0.25) is 0 Å². The molecule has 0 saturated carbocycles. The molecule has 1 heterocycles. The van der Waals surface area contributed by atoms with Crippen molar-refractivity contribution >= 4 is 11.9 Å². The van der Waals surface area contributed by atoms with Crippen molar-refractivity contribution in [2.45, 2.75) is 13.1 Å². The van der Waals surface area contributed by atoms with Crippen molar-refractivity contribution in [1.29, 1.82) is 0 Å². The van der Waals surface area contributed by atoms with E-state index in [1.54, 1.807) is 0 Å². The first-order chi connectivity index (χ1) is 9.27. The second kappa shape index (κ2) is 6.22. The molecule has 0 bridgehead atoms. The highest BCUT2D eigenvalue weighted by Gasteiger charge is 2.41. The van der Waals surface area contributed by atoms with Gasteiger partial charge >= 0.3 is 12.1 Å². The molecule has 110 valence electrons. The van der Waals surface area contributed by atoms with Crippen molar-refractivity contribution in [1.82, 2.24) is 10.5 Å². The van der Waals surface area contributed by atoms with Gasteiger partial charge in [-0.05, 0) is 6.92 Å². The Kier molecular flexibility index (Phi) is 4.89. The molecule has 1 N–H and O–H groups in total. The number of rotatable bonds is 4. The third kappa shape index (κ3) is 3.84. The fourth-order valence-corrected chi connectivity index (χ4v) is 1.29. The highest BCUT2D eigenvalue weighted by atomic mass is 19.4. The summed E-state index contributed by atoms with van der Waals surface area (Å²) in [5.74, 6) is -3.09. The van der Waals surface area contributed by atoms with Crippen molar-refractivity contribution in [2.75, 3.05) is 13.7 Å². The fraction of sp³-hybridized carbons (Fsp3) is 0.364. The zero-order valence-electron chi connectivity index (χ0n) is 10.6. The zero-order chi connectivity index (χ0) is 15.3. The van der Waals surface area contributed by atoms with E-state index in [-0.39, 0.29) is 12.2 Å². The minimum absolute atomic E-state index is 0.143. The Morgan fingerprint density at radius 2 is 2.10 bits per heavy atom. The van der Waals surface area contributed by atoms with Crippen LogP contribution in [0.1, 0.15) is 21.8 Å². The number of ether oxygens (including phenoxy) is 1. The van der Waals surface area contributed by atoms with E-state index in [1.165, 1.54) is 20.1 Å². The van der Waals surface area contributed by atoms with Crippen LogP contribution in [0.25, 0.3) is 0 Å². The van der Waals surface area contributed by atoms with Gasteiger partial charge in [0.15, 0.2) is 0 Å². The maximum Gasteiger partial charge on any atom is 0.453 e. The summed E-state index contributed by atoms with van der Waals surface area (Å²) in [5, 5.41) is 5.31. The Hall–Kier alpha value is -2.32. The average molecular weight is 292 g/mol. The van der Waals surface area contributed by atoms with E-state index in [1.807, 2.05) is 0 Å². The minimum Gasteiger partial charge on any atom is -0.466 e. The minimum atomic E-state index is -4.81. The van der Waals surface area contributed by atoms with Crippen LogP contribution in [0.15, 0.2) is 16.7 Å². The van der Waals surface area contributed by atoms with Crippen LogP contribution in [-0.2, 0) is 15.7 Å². The predicted octanol–water partition coefficient (Wildman–Crippen LogP) is 1.46. The lowest BCUT2D eigenvalue weighted by Crippen LogP contribution is -2.26. The highest BCUT2D eigenvalue weighted by Crippen LogP contribution is 2.33. The number of amides is 1. The third-order valence-corrected chi connectivity index (χ3v) is 2.18. The molecule has 0 aliphatic carbocycles. The van der Waals surface area contributed by atoms with Gasteiger partial charge in [-0.15, -0.1) is 0 Å². The number of esters is 1. The lowest BCUT2D eigenvalue weighted by Gasteiger charge is -2.05. The van der Waals surface area contributed by atoms with E-state index in [9.17, 15) is 22.8 Å². The number of aryl methyl sites for hydroxylation is 1. The lowest BCUT2D eigenvalue weighted by atomic mass is 10.2. The molecular formula is C11H11F3N2O4. The van der Waals surface area contributed by atoms with Crippen LogP contribution >= 0.6 is 0 Å². The van der Waals surface area contributed by atoms with Gasteiger partial charge in [-0.1, -0.05) is 11.2 Å². The normalized spacial score (nSPS) is 11.7. The van der Waals surface area contributed by atoms with Gasteiger partial charge in [0.1, 0.15) is 5.56 Å². The largest absolute Gasteiger partial charge is 0.466 e. The molecule has 1 amide bonds. The molecule has 0 radical (unpaired) electrons. The number of alkyl halides is 3. The molecule has 1 aromatic rings. The molecule has 0 saturated heterocycles. The topological polar surface area (TPSA) is 81.4 Å². The molecule has 1 rings (SSSR count). The van der Waals surface area contributed by atoms with Crippen molar-refractivity contribution in [2.24, 2.45) is 0 Å². The smallest absolute Gasteiger partial charge is 0.453 e. The Balaban J connectivity index is 2.76. The Morgan fingerprint density at radius 1 is 1.45 bits per heavy atom. The molecule has 0 atom stereocenters. The maximum absolute atomic E-state index is 12.6. The van der Waals surface area contributed by atoms with E-state index >= 15 is 0 Å². The van der Waals surface area contributed by atoms with Gasteiger partial charge in [0.2, 0.25) is 0 Å². The van der Waals surface area contributed by atoms with Gasteiger partial charge in [0.05, 0.1) is 12.8 Å². The first-order valence-corrected chi connectivity index (χ1v) is 5.33. The zero-order valence-corrected chi connectivity index (χ0v) is 10.6. The van der Waals surface area contributed by atoms with Gasteiger partial charge < -0.3 is 14.6 Å². The molecule has 1 aromatic heterocycles. The van der Waals surface area contributed by atoms with E-state index < -0.39 is 29.4 Å². The molecule has 0 unspecified atom stereocenters. The summed E-state index contributed by atoms with van der Waals surface area (Å²) >= 11 is 0. The molecule has 0 spiro atoms. The van der Waals surface area contributed by atoms with Crippen molar-refractivity contribution in [3.63, 3.8) is 0 Å². The summed E-state index contributed by atoms with van der Waals surface area (Å²) in [6, 6.07) is 0. The molecule has 6 nitrogen and oxygen atoms in total. The molecule has 20 heavy (non-hydrogen) atoms. The van der Waals surface area contributed by atoms with Crippen molar-refractivity contribution < 1.29 is 32.0 Å². The Bertz CT molecular complexity index is 534. The maximum atomic E-state index is 12.6. The van der Waals surface area contributed by atoms with Crippen molar-refractivity contribution in [3.05, 3.63) is 29.2 Å². The molecular weight excluding hydrogens is 281 g/mol. The van der Waals surface area contributed by atoms with Crippen LogP contribution in [0.3, 0.4) is 0 Å². The van der Waals surface area contributed by atoms with E-state index in [4.69, 9.17) is 0 Å². The quantitative estimate of drug-likeness (QED) is 0.671. The number of aromatic nitrogens is 1. The number of hydrogen-bond acceptors (Lipinski definition) is 5. The highest BCUT2D eigenvalue weighted by molar-refractivity contribution is 5.96. The number of halogens is 3. The van der Waals surface area contributed by atoms with Crippen LogP contribution in [0.4, 0.5) is 13.2 Å². The summed E-state index contributed by atoms with van der Waals surface area (Å²) in [6.45, 7) is 1.08. The van der Waals surface area contributed by atoms with Crippen LogP contribution in [-0.4, -0.2) is 30.7 Å². The number of hydrogen-bond donors (Lipinski definition) is 1. The summed E-state index contributed by atoms with van der Waals surface area (Å²) in [7, 11) is 1.17. The number of methoxy groups -OCH3 is 1. The monoisotopic (exact) mass is 292 g/mol. The molecule has 0 aliphatic rings. The summed E-state index contributed by atoms with van der Waals surface area (Å²) in [5.41, 5.74) is -0.851. The van der Waals surface area contributed by atoms with Crippen LogP contribution in [0, 0.1) is 6.92 Å². The van der Waals surface area contributed by atoms with Crippen LogP contribution in [0.5, 0.6) is 0 Å². The van der Waals surface area contributed by atoms with E-state index in [2.05, 4.69) is 19.7 Å². The van der Waals surface area contributed by atoms with E-state index in [0.29, 0.717) is 0 Å². The average Bonchev–Trinajstić information content (AvgIpc) is 2.75. The first kappa shape index (κ1) is 15.7. The lowest BCUT2D eigenvalue weighted by molar-refractivity contribution is -0.155. The standard InChI is InChI=1S/C11H11F3N2O4/c1-6-8(9(20-16-6)11(12,13)14)10(18)15-5-3-4-7(17)19-2/h3-4H,5H2,1-2H3,(H,15,18)/b4-3+.